The Kier molecular flexibility index (Phi) is 36.5. The van der Waals surface area contributed by atoms with Gasteiger partial charge in [0.1, 0.15) is 12.1 Å². The summed E-state index contributed by atoms with van der Waals surface area (Å²) >= 11 is 0. The highest BCUT2D eigenvalue weighted by molar-refractivity contribution is 7.47. The lowest BCUT2D eigenvalue weighted by molar-refractivity contribution is -0.154. The Balaban J connectivity index is 4.20. The summed E-state index contributed by atoms with van der Waals surface area (Å²) in [5.41, 5.74) is 5.35. The largest absolute Gasteiger partial charge is 0.480 e. The van der Waals surface area contributed by atoms with E-state index >= 15 is 0 Å². The summed E-state index contributed by atoms with van der Waals surface area (Å²) in [7, 11) is -4.60. The first kappa shape index (κ1) is 50.0. The standard InChI is InChI=1S/C40H80NO9P/c1-3-5-7-9-11-13-15-17-18-19-21-23-25-27-29-31-33-47-34-37(35-48-51(45,46)49-36-38(41)40(43)44)50-39(42)32-30-28-26-24-22-20-16-14-12-10-8-6-4-2/h37-38H,3-36,41H2,1-2H3,(H,43,44)(H,45,46). The Morgan fingerprint density at radius 1 is 0.549 bits per heavy atom. The Hall–Kier alpha value is -1.03. The van der Waals surface area contributed by atoms with Crippen molar-refractivity contribution < 1.29 is 42.7 Å². The first-order valence-corrected chi connectivity index (χ1v) is 22.6. The number of carbonyl (C=O) groups excluding carboxylic acids is 1. The molecule has 3 unspecified atom stereocenters. The molecule has 3 atom stereocenters. The van der Waals surface area contributed by atoms with Gasteiger partial charge in [-0.05, 0) is 12.8 Å². The number of carboxylic acids is 1. The van der Waals surface area contributed by atoms with Crippen LogP contribution in [0, 0.1) is 0 Å². The number of aliphatic carboxylic acids is 1. The van der Waals surface area contributed by atoms with Gasteiger partial charge in [0.15, 0.2) is 0 Å². The molecule has 0 fully saturated rings. The van der Waals surface area contributed by atoms with E-state index in [1.807, 2.05) is 0 Å². The lowest BCUT2D eigenvalue weighted by atomic mass is 10.0. The van der Waals surface area contributed by atoms with E-state index in [4.69, 9.17) is 29.4 Å². The van der Waals surface area contributed by atoms with Crippen molar-refractivity contribution in [2.24, 2.45) is 5.73 Å². The second-order valence-corrected chi connectivity index (χ2v) is 15.9. The van der Waals surface area contributed by atoms with Crippen LogP contribution in [0.15, 0.2) is 0 Å². The number of unbranched alkanes of at least 4 members (excludes halogenated alkanes) is 27. The number of phosphoric acid groups is 1. The Bertz CT molecular complexity index is 832. The monoisotopic (exact) mass is 750 g/mol. The van der Waals surface area contributed by atoms with Crippen molar-refractivity contribution >= 4 is 19.8 Å². The fourth-order valence-corrected chi connectivity index (χ4v) is 6.85. The average molecular weight is 750 g/mol. The number of rotatable bonds is 41. The molecule has 0 aromatic heterocycles. The topological polar surface area (TPSA) is 155 Å². The molecule has 0 radical (unpaired) electrons. The lowest BCUT2D eigenvalue weighted by Gasteiger charge is -2.20. The molecule has 304 valence electrons. The van der Waals surface area contributed by atoms with Crippen molar-refractivity contribution in [3.05, 3.63) is 0 Å². The van der Waals surface area contributed by atoms with Crippen molar-refractivity contribution in [1.29, 1.82) is 0 Å². The minimum atomic E-state index is -4.60. The number of hydrogen-bond donors (Lipinski definition) is 3. The molecule has 0 rings (SSSR count). The number of nitrogens with two attached hydrogens (primary N) is 1. The van der Waals surface area contributed by atoms with Crippen LogP contribution < -0.4 is 5.73 Å². The van der Waals surface area contributed by atoms with E-state index in [2.05, 4.69) is 13.8 Å². The van der Waals surface area contributed by atoms with Gasteiger partial charge in [-0.3, -0.25) is 18.6 Å². The molecule has 0 spiro atoms. The zero-order chi connectivity index (χ0) is 37.7. The van der Waals surface area contributed by atoms with Gasteiger partial charge in [0.05, 0.1) is 19.8 Å². The van der Waals surface area contributed by atoms with Crippen LogP contribution in [0.5, 0.6) is 0 Å². The second-order valence-electron chi connectivity index (χ2n) is 14.5. The SMILES string of the molecule is CCCCCCCCCCCCCCCCCCOCC(COP(=O)(O)OCC(N)C(=O)O)OC(=O)CCCCCCCCCCCCCCC. The second kappa shape index (κ2) is 37.3. The number of hydrogen-bond acceptors (Lipinski definition) is 8. The lowest BCUT2D eigenvalue weighted by Crippen LogP contribution is -2.34. The summed E-state index contributed by atoms with van der Waals surface area (Å²) in [5.74, 6) is -1.77. The first-order valence-electron chi connectivity index (χ1n) is 21.1. The van der Waals surface area contributed by atoms with E-state index in [0.29, 0.717) is 6.61 Å². The molecule has 0 aliphatic carbocycles. The highest BCUT2D eigenvalue weighted by Crippen LogP contribution is 2.43. The number of carbonyl (C=O) groups is 2. The van der Waals surface area contributed by atoms with Gasteiger partial charge in [-0.15, -0.1) is 0 Å². The van der Waals surface area contributed by atoms with Crippen molar-refractivity contribution in [2.45, 2.75) is 219 Å². The van der Waals surface area contributed by atoms with E-state index in [9.17, 15) is 19.0 Å². The zero-order valence-electron chi connectivity index (χ0n) is 33.0. The maximum atomic E-state index is 12.6. The van der Waals surface area contributed by atoms with E-state index in [1.165, 1.54) is 148 Å². The van der Waals surface area contributed by atoms with Crippen LogP contribution in [0.25, 0.3) is 0 Å². The Labute approximate surface area is 312 Å². The fraction of sp³-hybridized carbons (Fsp3) is 0.950. The summed E-state index contributed by atoms with van der Waals surface area (Å²) < 4.78 is 33.3. The minimum Gasteiger partial charge on any atom is -0.480 e. The Morgan fingerprint density at radius 3 is 1.29 bits per heavy atom. The van der Waals surface area contributed by atoms with Gasteiger partial charge in [0.25, 0.3) is 0 Å². The van der Waals surface area contributed by atoms with E-state index < -0.39 is 45.1 Å². The number of carboxylic acid groups (broad SMARTS) is 1. The first-order chi connectivity index (χ1) is 24.7. The molecular formula is C40H80NO9P. The summed E-state index contributed by atoms with van der Waals surface area (Å²) in [6.07, 6.45) is 35.8. The Morgan fingerprint density at radius 2 is 0.902 bits per heavy atom. The average Bonchev–Trinajstić information content (AvgIpc) is 3.10. The van der Waals surface area contributed by atoms with Crippen molar-refractivity contribution in [2.75, 3.05) is 26.4 Å². The zero-order valence-corrected chi connectivity index (χ0v) is 33.9. The van der Waals surface area contributed by atoms with Gasteiger partial charge < -0.3 is 25.2 Å². The summed E-state index contributed by atoms with van der Waals surface area (Å²) in [5, 5.41) is 8.88. The molecule has 51 heavy (non-hydrogen) atoms. The van der Waals surface area contributed by atoms with Gasteiger partial charge in [-0.25, -0.2) is 4.57 Å². The van der Waals surface area contributed by atoms with Gasteiger partial charge in [0.2, 0.25) is 0 Å². The van der Waals surface area contributed by atoms with E-state index in [0.717, 1.165) is 38.5 Å². The number of phosphoric ester groups is 1. The normalized spacial score (nSPS) is 14.0. The van der Waals surface area contributed by atoms with E-state index in [-0.39, 0.29) is 13.0 Å². The third-order valence-electron chi connectivity index (χ3n) is 9.39. The summed E-state index contributed by atoms with van der Waals surface area (Å²) in [4.78, 5) is 33.4. The number of esters is 1. The molecule has 0 saturated carbocycles. The van der Waals surface area contributed by atoms with Crippen LogP contribution in [0.3, 0.4) is 0 Å². The predicted molar refractivity (Wildman–Crippen MR) is 208 cm³/mol. The molecule has 11 heteroatoms. The molecule has 0 aromatic rings. The van der Waals surface area contributed by atoms with Crippen LogP contribution in [-0.4, -0.2) is 60.5 Å². The third kappa shape index (κ3) is 37.1. The van der Waals surface area contributed by atoms with Crippen LogP contribution >= 0.6 is 7.82 Å². The molecule has 10 nitrogen and oxygen atoms in total. The smallest absolute Gasteiger partial charge is 0.472 e. The van der Waals surface area contributed by atoms with Crippen LogP contribution in [0.4, 0.5) is 0 Å². The van der Waals surface area contributed by atoms with Gasteiger partial charge in [0, 0.05) is 13.0 Å². The maximum Gasteiger partial charge on any atom is 0.472 e. The fourth-order valence-electron chi connectivity index (χ4n) is 6.08. The third-order valence-corrected chi connectivity index (χ3v) is 10.3. The van der Waals surface area contributed by atoms with E-state index in [1.54, 1.807) is 0 Å². The maximum absolute atomic E-state index is 12.6. The quantitative estimate of drug-likeness (QED) is 0.0312. The molecule has 0 aromatic carbocycles. The highest BCUT2D eigenvalue weighted by atomic mass is 31.2. The van der Waals surface area contributed by atoms with Crippen molar-refractivity contribution in [1.82, 2.24) is 0 Å². The molecule has 4 N–H and O–H groups in total. The predicted octanol–water partition coefficient (Wildman–Crippen LogP) is 11.2. The van der Waals surface area contributed by atoms with Crippen molar-refractivity contribution in [3.63, 3.8) is 0 Å². The van der Waals surface area contributed by atoms with Gasteiger partial charge in [-0.2, -0.15) is 0 Å². The summed E-state index contributed by atoms with van der Waals surface area (Å²) in [6.45, 7) is 3.92. The van der Waals surface area contributed by atoms with Crippen molar-refractivity contribution in [3.8, 4) is 0 Å². The van der Waals surface area contributed by atoms with Crippen LogP contribution in [0.1, 0.15) is 206 Å². The van der Waals surface area contributed by atoms with Crippen LogP contribution in [0.2, 0.25) is 0 Å². The number of ether oxygens (including phenoxy) is 2. The van der Waals surface area contributed by atoms with Crippen LogP contribution in [-0.2, 0) is 32.7 Å². The highest BCUT2D eigenvalue weighted by Gasteiger charge is 2.27. The molecule has 0 heterocycles. The molecular weight excluding hydrogens is 669 g/mol. The molecule has 0 bridgehead atoms. The van der Waals surface area contributed by atoms with Gasteiger partial charge in [-0.1, -0.05) is 187 Å². The van der Waals surface area contributed by atoms with Gasteiger partial charge >= 0.3 is 19.8 Å². The minimum absolute atomic E-state index is 0.0255. The molecule has 0 aliphatic heterocycles. The molecule has 0 saturated heterocycles. The molecule has 0 amide bonds. The molecule has 0 aliphatic rings. The summed E-state index contributed by atoms with van der Waals surface area (Å²) in [6, 6.07) is -1.47.